The van der Waals surface area contributed by atoms with Gasteiger partial charge in [-0.05, 0) is 60.8 Å². The van der Waals surface area contributed by atoms with E-state index in [-0.39, 0.29) is 30.1 Å². The lowest BCUT2D eigenvalue weighted by Crippen LogP contribution is -2.80. The molecule has 55 heavy (non-hydrogen) atoms. The van der Waals surface area contributed by atoms with Gasteiger partial charge in [0, 0.05) is 29.7 Å². The normalized spacial score (nSPS) is 35.6. The predicted molar refractivity (Wildman–Crippen MR) is 205 cm³/mol. The number of ketones is 1. The molecule has 1 saturated heterocycles. The topological polar surface area (TPSA) is 192 Å². The molecule has 1 unspecified atom stereocenters. The van der Waals surface area contributed by atoms with E-state index in [4.69, 9.17) is 13.9 Å². The van der Waals surface area contributed by atoms with E-state index in [1.807, 2.05) is 39.9 Å². The summed E-state index contributed by atoms with van der Waals surface area (Å²) in [6.45, 7) is 16.0. The minimum atomic E-state index is -2.80. The number of carbonyl (C=O) groups is 3. The maximum absolute atomic E-state index is 14.9. The van der Waals surface area contributed by atoms with Crippen LogP contribution < -0.4 is 5.32 Å². The first-order chi connectivity index (χ1) is 25.4. The van der Waals surface area contributed by atoms with Crippen LogP contribution in [0.1, 0.15) is 83.3 Å². The number of ether oxygens (including phenoxy) is 2. The number of rotatable bonds is 8. The molecule has 12 nitrogen and oxygen atoms in total. The molecule has 1 aliphatic heterocycles. The zero-order valence-corrected chi connectivity index (χ0v) is 34.2. The maximum Gasteiger partial charge on any atom is 0.337 e. The molecule has 6 N–H and O–H groups in total. The van der Waals surface area contributed by atoms with Crippen molar-refractivity contribution in [3.05, 3.63) is 82.9 Å². The van der Waals surface area contributed by atoms with E-state index >= 15 is 0 Å². The average molecular weight is 780 g/mol. The largest absolute Gasteiger partial charge is 0.456 e. The molecule has 0 radical (unpaired) electrons. The predicted octanol–water partition coefficient (Wildman–Crippen LogP) is 3.76. The first-order valence-electron chi connectivity index (χ1n) is 19.1. The van der Waals surface area contributed by atoms with Crippen molar-refractivity contribution in [2.45, 2.75) is 133 Å². The van der Waals surface area contributed by atoms with Crippen molar-refractivity contribution in [2.24, 2.45) is 16.7 Å². The van der Waals surface area contributed by atoms with E-state index in [0.29, 0.717) is 16.7 Å². The standard InChI is InChI=1S/C42H57NO11Si/c1-23-26(21-42(51)35(47)33-40(7,27(44)20-28-41(33,50)22-52-28)34(46)31(45)29(23)39(42,5)6)53-37(49)32(54-55(8,9)38(2,3)4)30(24-16-12-10-13-17-24)43-36(48)25-18-14-11-15-19-25/h10-19,26-28,30-33,35,44-45,47,50-51H,20-22H2,1-9H3,(H,43,48)/t26-,27-,28+,30-,31+,32?,33-,35-,40+,41-,42+/m0/s1. The highest BCUT2D eigenvalue weighted by Gasteiger charge is 2.75. The summed E-state index contributed by atoms with van der Waals surface area (Å²) in [6.07, 6.45) is -9.22. The van der Waals surface area contributed by atoms with Gasteiger partial charge in [0.2, 0.25) is 0 Å². The number of benzene rings is 2. The third-order valence-electron chi connectivity index (χ3n) is 13.9. The Hall–Kier alpha value is -3.27. The maximum atomic E-state index is 14.9. The van der Waals surface area contributed by atoms with Gasteiger partial charge in [-0.15, -0.1) is 0 Å². The second-order valence-electron chi connectivity index (χ2n) is 18.3. The number of aliphatic hydroxyl groups is 5. The van der Waals surface area contributed by atoms with Crippen LogP contribution in [-0.4, -0.2) is 106 Å². The summed E-state index contributed by atoms with van der Waals surface area (Å²) in [5, 5.41) is 63.2. The van der Waals surface area contributed by atoms with Gasteiger partial charge in [0.1, 0.15) is 23.4 Å². The summed E-state index contributed by atoms with van der Waals surface area (Å²) in [5.74, 6) is -3.59. The minimum absolute atomic E-state index is 0.0489. The van der Waals surface area contributed by atoms with Gasteiger partial charge < -0.3 is 44.7 Å². The Morgan fingerprint density at radius 1 is 0.964 bits per heavy atom. The van der Waals surface area contributed by atoms with Crippen molar-refractivity contribution in [1.82, 2.24) is 5.32 Å². The number of amides is 1. The second kappa shape index (κ2) is 14.0. The van der Waals surface area contributed by atoms with Crippen molar-refractivity contribution in [3.63, 3.8) is 0 Å². The van der Waals surface area contributed by atoms with E-state index < -0.39 is 96.6 Å². The van der Waals surface area contributed by atoms with Crippen molar-refractivity contribution in [3.8, 4) is 0 Å². The quantitative estimate of drug-likeness (QED) is 0.130. The first kappa shape index (κ1) is 41.4. The Bertz CT molecular complexity index is 1840. The number of esters is 1. The molecule has 3 aliphatic carbocycles. The molecule has 0 spiro atoms. The van der Waals surface area contributed by atoms with Crippen LogP contribution in [0.2, 0.25) is 18.1 Å². The van der Waals surface area contributed by atoms with Gasteiger partial charge in [0.25, 0.3) is 5.91 Å². The second-order valence-corrected chi connectivity index (χ2v) is 23.1. The molecule has 2 saturated carbocycles. The molecule has 300 valence electrons. The summed E-state index contributed by atoms with van der Waals surface area (Å²) in [5.41, 5.74) is -6.06. The Kier molecular flexibility index (Phi) is 10.5. The summed E-state index contributed by atoms with van der Waals surface area (Å²) in [6, 6.07) is 16.5. The summed E-state index contributed by atoms with van der Waals surface area (Å²) >= 11 is 0. The van der Waals surface area contributed by atoms with Crippen molar-refractivity contribution in [2.75, 3.05) is 6.61 Å². The monoisotopic (exact) mass is 779 g/mol. The SMILES string of the molecule is CC1=C2[C@@H](O)C(=O)[C@@]3(C)[C@H]([C@H](O)[C@](O)(C[C@@H]1OC(=O)C(O[Si](C)(C)C(C)(C)C)[C@@H](NC(=O)c1ccccc1)c1ccccc1)C2(C)C)[C@]1(O)CO[C@@H]1C[C@@H]3O. The number of hydrogen-bond donors (Lipinski definition) is 6. The van der Waals surface area contributed by atoms with Gasteiger partial charge in [0.15, 0.2) is 20.2 Å². The molecule has 1 heterocycles. The molecule has 13 heteroatoms. The molecular formula is C42H57NO11Si. The van der Waals surface area contributed by atoms with Crippen LogP contribution in [-0.2, 0) is 23.5 Å². The zero-order chi connectivity index (χ0) is 40.7. The van der Waals surface area contributed by atoms with Crippen LogP contribution in [0.15, 0.2) is 71.8 Å². The van der Waals surface area contributed by atoms with Gasteiger partial charge in [-0.1, -0.05) is 83.1 Å². The number of nitrogens with one attached hydrogen (secondary N) is 1. The number of Topliss-reactive ketones (excluding diaryl/α,β-unsaturated/α-hetero) is 1. The van der Waals surface area contributed by atoms with Crippen LogP contribution in [0, 0.1) is 16.7 Å². The van der Waals surface area contributed by atoms with Crippen LogP contribution in [0.25, 0.3) is 0 Å². The van der Waals surface area contributed by atoms with Crippen molar-refractivity contribution >= 4 is 26.0 Å². The minimum Gasteiger partial charge on any atom is -0.456 e. The fraction of sp³-hybridized carbons (Fsp3) is 0.595. The average Bonchev–Trinajstić information content (AvgIpc) is 3.12. The Morgan fingerprint density at radius 3 is 2.09 bits per heavy atom. The molecule has 4 aliphatic rings. The number of hydrogen-bond acceptors (Lipinski definition) is 11. The smallest absolute Gasteiger partial charge is 0.337 e. The highest BCUT2D eigenvalue weighted by molar-refractivity contribution is 6.74. The summed E-state index contributed by atoms with van der Waals surface area (Å²) in [7, 11) is -2.80. The van der Waals surface area contributed by atoms with Crippen LogP contribution in [0.3, 0.4) is 0 Å². The fourth-order valence-corrected chi connectivity index (χ4v) is 10.5. The Morgan fingerprint density at radius 2 is 1.55 bits per heavy atom. The van der Waals surface area contributed by atoms with Crippen LogP contribution in [0.4, 0.5) is 0 Å². The van der Waals surface area contributed by atoms with Gasteiger partial charge in [0.05, 0.1) is 36.4 Å². The van der Waals surface area contributed by atoms with Gasteiger partial charge >= 0.3 is 5.97 Å². The molecule has 11 atom stereocenters. The number of aliphatic hydroxyl groups excluding tert-OH is 3. The molecular weight excluding hydrogens is 723 g/mol. The van der Waals surface area contributed by atoms with Crippen molar-refractivity contribution in [1.29, 1.82) is 0 Å². The summed E-state index contributed by atoms with van der Waals surface area (Å²) in [4.78, 5) is 43.1. The molecule has 2 aromatic rings. The lowest BCUT2D eigenvalue weighted by Gasteiger charge is -2.66. The third-order valence-corrected chi connectivity index (χ3v) is 18.4. The van der Waals surface area contributed by atoms with Gasteiger partial charge in [-0.3, -0.25) is 9.59 Å². The van der Waals surface area contributed by atoms with Crippen LogP contribution in [0.5, 0.6) is 0 Å². The van der Waals surface area contributed by atoms with Crippen molar-refractivity contribution < 1.29 is 53.8 Å². The third kappa shape index (κ3) is 6.44. The van der Waals surface area contributed by atoms with E-state index in [2.05, 4.69) is 5.32 Å². The number of fused-ring (bicyclic) bond motifs is 5. The molecule has 1 amide bonds. The summed E-state index contributed by atoms with van der Waals surface area (Å²) < 4.78 is 18.7. The number of carbonyl (C=O) groups excluding carboxylic acids is 3. The van der Waals surface area contributed by atoms with E-state index in [1.54, 1.807) is 75.4 Å². The highest BCUT2D eigenvalue weighted by atomic mass is 28.4. The van der Waals surface area contributed by atoms with Crippen LogP contribution >= 0.6 is 0 Å². The lowest BCUT2D eigenvalue weighted by molar-refractivity contribution is -0.344. The van der Waals surface area contributed by atoms with Gasteiger partial charge in [-0.2, -0.15) is 0 Å². The zero-order valence-electron chi connectivity index (χ0n) is 33.2. The Balaban J connectivity index is 1.45. The van der Waals surface area contributed by atoms with Gasteiger partial charge in [-0.25, -0.2) is 4.79 Å². The highest BCUT2D eigenvalue weighted by Crippen LogP contribution is 2.62. The first-order valence-corrected chi connectivity index (χ1v) is 22.0. The van der Waals surface area contributed by atoms with E-state index in [1.165, 1.54) is 6.92 Å². The lowest BCUT2D eigenvalue weighted by atomic mass is 9.45. The molecule has 0 aromatic heterocycles. The van der Waals surface area contributed by atoms with E-state index in [9.17, 15) is 39.9 Å². The molecule has 2 aromatic carbocycles. The molecule has 3 fully saturated rings. The van der Waals surface area contributed by atoms with E-state index in [0.717, 1.165) is 0 Å². The molecule has 6 rings (SSSR count). The Labute approximate surface area is 324 Å². The fourth-order valence-electron chi connectivity index (χ4n) is 9.26. The molecule has 2 bridgehead atoms.